The van der Waals surface area contributed by atoms with E-state index in [1.807, 2.05) is 19.1 Å². The topological polar surface area (TPSA) is 63.8 Å². The zero-order valence-electron chi connectivity index (χ0n) is 8.94. The van der Waals surface area contributed by atoms with E-state index in [2.05, 4.69) is 31.2 Å². The maximum Gasteiger partial charge on any atom is 0.112 e. The van der Waals surface area contributed by atoms with Crippen LogP contribution in [-0.4, -0.2) is 22.6 Å². The van der Waals surface area contributed by atoms with Crippen LogP contribution in [0, 0.1) is 0 Å². The first kappa shape index (κ1) is 11.3. The Morgan fingerprint density at radius 1 is 1.50 bits per heavy atom. The monoisotopic (exact) mass is 280 g/mol. The summed E-state index contributed by atoms with van der Waals surface area (Å²) in [6, 6.07) is 4.08. The van der Waals surface area contributed by atoms with Crippen LogP contribution in [0.2, 0.25) is 0 Å². The lowest BCUT2D eigenvalue weighted by molar-refractivity contribution is 0.805. The number of aromatic nitrogens is 2. The number of halogens is 1. The van der Waals surface area contributed by atoms with Gasteiger partial charge in [0.05, 0.1) is 11.2 Å². The quantitative estimate of drug-likeness (QED) is 0.904. The molecule has 0 saturated heterocycles. The molecular formula is C11H13BrN4. The molecule has 2 heterocycles. The summed E-state index contributed by atoms with van der Waals surface area (Å²) >= 11 is 3.38. The fraction of sp³-hybridized carbons (Fsp3) is 0.273. The van der Waals surface area contributed by atoms with Gasteiger partial charge < -0.3 is 11.1 Å². The number of rotatable bonds is 3. The van der Waals surface area contributed by atoms with Crippen LogP contribution in [0.4, 0.5) is 5.69 Å². The van der Waals surface area contributed by atoms with E-state index >= 15 is 0 Å². The predicted octanol–water partition coefficient (Wildman–Crippen LogP) is 2.15. The number of nitrogens with zero attached hydrogens (tertiary/aromatic N) is 2. The highest BCUT2D eigenvalue weighted by atomic mass is 79.9. The van der Waals surface area contributed by atoms with Crippen molar-refractivity contribution in [3.63, 3.8) is 0 Å². The first-order chi connectivity index (χ1) is 7.70. The van der Waals surface area contributed by atoms with Gasteiger partial charge in [0, 0.05) is 29.5 Å². The molecule has 0 spiro atoms. The smallest absolute Gasteiger partial charge is 0.112 e. The molecular weight excluding hydrogens is 268 g/mol. The molecule has 2 aromatic heterocycles. The van der Waals surface area contributed by atoms with Crippen LogP contribution < -0.4 is 11.1 Å². The van der Waals surface area contributed by atoms with Gasteiger partial charge in [-0.3, -0.25) is 9.97 Å². The summed E-state index contributed by atoms with van der Waals surface area (Å²) in [5.41, 5.74) is 8.28. The van der Waals surface area contributed by atoms with Gasteiger partial charge >= 0.3 is 0 Å². The van der Waals surface area contributed by atoms with E-state index in [-0.39, 0.29) is 6.04 Å². The molecule has 0 amide bonds. The molecule has 0 radical (unpaired) electrons. The number of fused-ring (bicyclic) bond motifs is 1. The molecule has 2 aromatic rings. The highest BCUT2D eigenvalue weighted by Crippen LogP contribution is 2.22. The van der Waals surface area contributed by atoms with Gasteiger partial charge in [-0.2, -0.15) is 0 Å². The molecule has 84 valence electrons. The van der Waals surface area contributed by atoms with Gasteiger partial charge in [-0.25, -0.2) is 0 Å². The van der Waals surface area contributed by atoms with Crippen LogP contribution in [0.5, 0.6) is 0 Å². The van der Waals surface area contributed by atoms with E-state index < -0.39 is 0 Å². The van der Waals surface area contributed by atoms with Gasteiger partial charge in [-0.05, 0) is 35.0 Å². The lowest BCUT2D eigenvalue weighted by Gasteiger charge is -2.13. The van der Waals surface area contributed by atoms with Crippen molar-refractivity contribution < 1.29 is 0 Å². The van der Waals surface area contributed by atoms with E-state index in [4.69, 9.17) is 5.73 Å². The first-order valence-corrected chi connectivity index (χ1v) is 5.87. The summed E-state index contributed by atoms with van der Waals surface area (Å²) in [5, 5.41) is 3.31. The molecule has 4 nitrogen and oxygen atoms in total. The van der Waals surface area contributed by atoms with Gasteiger partial charge in [0.2, 0.25) is 0 Å². The SMILES string of the molecule is CC(CN)Nc1ccnc2cc(Br)cnc12. The van der Waals surface area contributed by atoms with Crippen LogP contribution in [0.1, 0.15) is 6.92 Å². The third kappa shape index (κ3) is 2.31. The average Bonchev–Trinajstić information content (AvgIpc) is 2.28. The van der Waals surface area contributed by atoms with Crippen molar-refractivity contribution in [2.24, 2.45) is 5.73 Å². The second-order valence-electron chi connectivity index (χ2n) is 3.66. The Bertz CT molecular complexity index is 500. The second-order valence-corrected chi connectivity index (χ2v) is 4.58. The third-order valence-electron chi connectivity index (χ3n) is 2.30. The molecule has 1 unspecified atom stereocenters. The van der Waals surface area contributed by atoms with E-state index in [9.17, 15) is 0 Å². The minimum absolute atomic E-state index is 0.219. The lowest BCUT2D eigenvalue weighted by atomic mass is 10.2. The average molecular weight is 281 g/mol. The number of pyridine rings is 2. The van der Waals surface area contributed by atoms with Gasteiger partial charge in [-0.1, -0.05) is 0 Å². The molecule has 0 aliphatic heterocycles. The maximum atomic E-state index is 5.58. The zero-order valence-corrected chi connectivity index (χ0v) is 10.5. The predicted molar refractivity (Wildman–Crippen MR) is 69.4 cm³/mol. The van der Waals surface area contributed by atoms with E-state index in [0.717, 1.165) is 21.2 Å². The van der Waals surface area contributed by atoms with Crippen LogP contribution in [0.3, 0.4) is 0 Å². The number of nitrogens with one attached hydrogen (secondary N) is 1. The summed E-state index contributed by atoms with van der Waals surface area (Å²) in [6.07, 6.45) is 3.53. The minimum atomic E-state index is 0.219. The van der Waals surface area contributed by atoms with Crippen molar-refractivity contribution in [3.8, 4) is 0 Å². The normalized spacial score (nSPS) is 12.7. The van der Waals surface area contributed by atoms with Crippen molar-refractivity contribution in [1.82, 2.24) is 9.97 Å². The van der Waals surface area contributed by atoms with E-state index in [1.54, 1.807) is 12.4 Å². The summed E-state index contributed by atoms with van der Waals surface area (Å²) in [5.74, 6) is 0. The summed E-state index contributed by atoms with van der Waals surface area (Å²) in [7, 11) is 0. The van der Waals surface area contributed by atoms with Crippen LogP contribution in [0.25, 0.3) is 11.0 Å². The van der Waals surface area contributed by atoms with Crippen molar-refractivity contribution in [2.75, 3.05) is 11.9 Å². The maximum absolute atomic E-state index is 5.58. The Morgan fingerprint density at radius 2 is 2.31 bits per heavy atom. The van der Waals surface area contributed by atoms with Crippen molar-refractivity contribution in [2.45, 2.75) is 13.0 Å². The van der Waals surface area contributed by atoms with Crippen LogP contribution >= 0.6 is 15.9 Å². The standard InChI is InChI=1S/C11H13BrN4/c1-7(5-13)16-9-2-3-14-10-4-8(12)6-15-11(9)10/h2-4,6-7H,5,13H2,1H3,(H,14,16). The molecule has 0 bridgehead atoms. The molecule has 0 aliphatic carbocycles. The molecule has 3 N–H and O–H groups in total. The molecule has 5 heteroatoms. The molecule has 1 atom stereocenters. The van der Waals surface area contributed by atoms with Crippen molar-refractivity contribution >= 4 is 32.7 Å². The fourth-order valence-electron chi connectivity index (χ4n) is 1.45. The van der Waals surface area contributed by atoms with Crippen LogP contribution in [0.15, 0.2) is 29.0 Å². The Labute approximate surface area is 102 Å². The Morgan fingerprint density at radius 3 is 3.06 bits per heavy atom. The Kier molecular flexibility index (Phi) is 3.36. The number of hydrogen-bond donors (Lipinski definition) is 2. The zero-order chi connectivity index (χ0) is 11.5. The first-order valence-electron chi connectivity index (χ1n) is 5.07. The van der Waals surface area contributed by atoms with Gasteiger partial charge in [-0.15, -0.1) is 0 Å². The Balaban J connectivity index is 2.45. The molecule has 0 saturated carbocycles. The molecule has 2 rings (SSSR count). The summed E-state index contributed by atoms with van der Waals surface area (Å²) in [6.45, 7) is 2.62. The van der Waals surface area contributed by atoms with Gasteiger partial charge in [0.15, 0.2) is 0 Å². The van der Waals surface area contributed by atoms with Crippen molar-refractivity contribution in [1.29, 1.82) is 0 Å². The summed E-state index contributed by atoms with van der Waals surface area (Å²) in [4.78, 5) is 8.63. The van der Waals surface area contributed by atoms with Crippen molar-refractivity contribution in [3.05, 3.63) is 29.0 Å². The lowest BCUT2D eigenvalue weighted by Crippen LogP contribution is -2.25. The Hall–Kier alpha value is -1.20. The van der Waals surface area contributed by atoms with Gasteiger partial charge in [0.1, 0.15) is 5.52 Å². The summed E-state index contributed by atoms with van der Waals surface area (Å²) < 4.78 is 0.927. The largest absolute Gasteiger partial charge is 0.379 e. The number of nitrogens with two attached hydrogens (primary N) is 1. The fourth-order valence-corrected chi connectivity index (χ4v) is 1.77. The molecule has 16 heavy (non-hydrogen) atoms. The second kappa shape index (κ2) is 4.76. The molecule has 0 fully saturated rings. The van der Waals surface area contributed by atoms with E-state index in [0.29, 0.717) is 6.54 Å². The molecule has 0 aliphatic rings. The number of hydrogen-bond acceptors (Lipinski definition) is 4. The minimum Gasteiger partial charge on any atom is -0.379 e. The molecule has 0 aromatic carbocycles. The van der Waals surface area contributed by atoms with Gasteiger partial charge in [0.25, 0.3) is 0 Å². The van der Waals surface area contributed by atoms with E-state index in [1.165, 1.54) is 0 Å². The third-order valence-corrected chi connectivity index (χ3v) is 2.73. The highest BCUT2D eigenvalue weighted by molar-refractivity contribution is 9.10. The highest BCUT2D eigenvalue weighted by Gasteiger charge is 2.06. The number of anilines is 1. The van der Waals surface area contributed by atoms with Crippen LogP contribution in [-0.2, 0) is 0 Å².